The summed E-state index contributed by atoms with van der Waals surface area (Å²) in [6.45, 7) is 0.501. The Morgan fingerprint density at radius 1 is 1.04 bits per heavy atom. The molecule has 1 heterocycles. The fraction of sp³-hybridized carbons (Fsp3) is 0.118. The Morgan fingerprint density at radius 3 is 2.32 bits per heavy atom. The smallest absolute Gasteiger partial charge is 0.329 e. The lowest BCUT2D eigenvalue weighted by Gasteiger charge is -2.01. The van der Waals surface area contributed by atoms with Crippen molar-refractivity contribution in [3.8, 4) is 11.4 Å². The van der Waals surface area contributed by atoms with Gasteiger partial charge in [0.25, 0.3) is 0 Å². The van der Waals surface area contributed by atoms with E-state index in [2.05, 4.69) is 14.7 Å². The quantitative estimate of drug-likeness (QED) is 0.787. The zero-order chi connectivity index (χ0) is 17.9. The monoisotopic (exact) mass is 348 g/mol. The third-order valence-electron chi connectivity index (χ3n) is 3.46. The molecule has 0 saturated heterocycles. The highest BCUT2D eigenvalue weighted by molar-refractivity contribution is 5.87. The molecule has 1 amide bonds. The highest BCUT2D eigenvalue weighted by atomic mass is 19.4. The highest BCUT2D eigenvalue weighted by Crippen LogP contribution is 2.29. The van der Waals surface area contributed by atoms with Gasteiger partial charge in [0.2, 0.25) is 5.82 Å². The third-order valence-corrected chi connectivity index (χ3v) is 3.46. The van der Waals surface area contributed by atoms with E-state index in [4.69, 9.17) is 0 Å². The van der Waals surface area contributed by atoms with Crippen LogP contribution in [0.15, 0.2) is 59.1 Å². The van der Waals surface area contributed by atoms with Crippen LogP contribution < -0.4 is 5.32 Å². The number of carbonyl (C=O) groups excluding carboxylic acids is 1. The second-order valence-corrected chi connectivity index (χ2v) is 5.26. The summed E-state index contributed by atoms with van der Waals surface area (Å²) in [6, 6.07) is 15.5. The number of hydrogen-bond acceptors (Lipinski definition) is 4. The van der Waals surface area contributed by atoms with Gasteiger partial charge in [0.1, 0.15) is 6.54 Å². The van der Waals surface area contributed by atoms with Gasteiger partial charge in [0, 0.05) is 11.1 Å². The van der Waals surface area contributed by atoms with Crippen LogP contribution >= 0.6 is 0 Å². The van der Waals surface area contributed by atoms with E-state index in [0.717, 1.165) is 5.56 Å². The Hall–Kier alpha value is -3.00. The number of halogens is 3. The molecule has 0 aliphatic rings. The molecule has 0 fully saturated rings. The van der Waals surface area contributed by atoms with Crippen LogP contribution in [0.25, 0.3) is 11.4 Å². The van der Waals surface area contributed by atoms with Crippen LogP contribution in [-0.4, -0.2) is 16.0 Å². The molecular formula is C17H13F3N3O2+. The zero-order valence-corrected chi connectivity index (χ0v) is 12.8. The minimum Gasteiger partial charge on any atom is -0.329 e. The molecule has 0 aliphatic heterocycles. The number of carbonyl (C=O) groups is 1. The summed E-state index contributed by atoms with van der Waals surface area (Å²) < 4.78 is 41.6. The fourth-order valence-corrected chi connectivity index (χ4v) is 2.18. The first-order valence-electron chi connectivity index (χ1n) is 7.36. The highest BCUT2D eigenvalue weighted by Gasteiger charge is 2.38. The Labute approximate surface area is 140 Å². The van der Waals surface area contributed by atoms with Crippen LogP contribution in [0.1, 0.15) is 21.8 Å². The van der Waals surface area contributed by atoms with Crippen molar-refractivity contribution in [3.05, 3.63) is 71.6 Å². The maximum Gasteiger partial charge on any atom is 0.471 e. The van der Waals surface area contributed by atoms with Crippen LogP contribution in [0.2, 0.25) is 0 Å². The molecule has 0 bridgehead atoms. The van der Waals surface area contributed by atoms with E-state index in [-0.39, 0.29) is 11.7 Å². The molecular weight excluding hydrogens is 335 g/mol. The van der Waals surface area contributed by atoms with Crippen molar-refractivity contribution >= 4 is 5.91 Å². The van der Waals surface area contributed by atoms with Gasteiger partial charge in [-0.15, -0.1) is 0 Å². The minimum absolute atomic E-state index is 0.167. The molecule has 1 aromatic heterocycles. The van der Waals surface area contributed by atoms with Crippen molar-refractivity contribution in [3.63, 3.8) is 0 Å². The first-order valence-corrected chi connectivity index (χ1v) is 7.36. The van der Waals surface area contributed by atoms with Crippen LogP contribution in [0.5, 0.6) is 0 Å². The average molecular weight is 348 g/mol. The molecule has 0 unspecified atom stereocenters. The first-order chi connectivity index (χ1) is 11.9. The minimum atomic E-state index is -4.69. The maximum atomic E-state index is 12.5. The summed E-state index contributed by atoms with van der Waals surface area (Å²) in [7, 11) is 0. The van der Waals surface area contributed by atoms with Gasteiger partial charge in [-0.2, -0.15) is 18.2 Å². The molecule has 25 heavy (non-hydrogen) atoms. The average Bonchev–Trinajstić information content (AvgIpc) is 3.11. The number of aromatic nitrogens is 2. The van der Waals surface area contributed by atoms with Crippen molar-refractivity contribution in [1.82, 2.24) is 10.1 Å². The lowest BCUT2D eigenvalue weighted by Crippen LogP contribution is -2.86. The molecule has 2 N–H and O–H groups in total. The number of alkyl halides is 3. The van der Waals surface area contributed by atoms with Gasteiger partial charge in [-0.25, -0.2) is 4.79 Å². The fourth-order valence-electron chi connectivity index (χ4n) is 2.18. The predicted molar refractivity (Wildman–Crippen MR) is 81.1 cm³/mol. The number of rotatable bonds is 4. The summed E-state index contributed by atoms with van der Waals surface area (Å²) in [5.74, 6) is -1.75. The number of benzene rings is 2. The van der Waals surface area contributed by atoms with E-state index >= 15 is 0 Å². The molecule has 0 radical (unpaired) electrons. The van der Waals surface area contributed by atoms with Crippen molar-refractivity contribution in [1.29, 1.82) is 0 Å². The maximum absolute atomic E-state index is 12.5. The van der Waals surface area contributed by atoms with E-state index < -0.39 is 12.1 Å². The number of quaternary nitrogens is 1. The largest absolute Gasteiger partial charge is 0.471 e. The molecule has 0 aliphatic carbocycles. The number of hydrogen-bond donors (Lipinski definition) is 1. The second kappa shape index (κ2) is 6.86. The van der Waals surface area contributed by atoms with Gasteiger partial charge in [0.05, 0.1) is 5.56 Å². The lowest BCUT2D eigenvalue weighted by molar-refractivity contribution is -0.571. The molecule has 3 aromatic rings. The van der Waals surface area contributed by atoms with Gasteiger partial charge < -0.3 is 4.52 Å². The van der Waals surface area contributed by atoms with Crippen LogP contribution in [-0.2, 0) is 12.7 Å². The molecule has 3 rings (SSSR count). The van der Waals surface area contributed by atoms with E-state index in [1.807, 2.05) is 30.3 Å². The summed E-state index contributed by atoms with van der Waals surface area (Å²) in [4.78, 5) is 15.5. The topological polar surface area (TPSA) is 72.6 Å². The van der Waals surface area contributed by atoms with Crippen molar-refractivity contribution in [2.24, 2.45) is 0 Å². The second-order valence-electron chi connectivity index (χ2n) is 5.26. The van der Waals surface area contributed by atoms with Gasteiger partial charge in [-0.3, -0.25) is 5.32 Å². The molecule has 8 heteroatoms. The van der Waals surface area contributed by atoms with Crippen LogP contribution in [0.3, 0.4) is 0 Å². The van der Waals surface area contributed by atoms with Gasteiger partial charge in [-0.05, 0) is 12.1 Å². The number of nitrogens with two attached hydrogens (primary N) is 1. The number of primary amides is 1. The van der Waals surface area contributed by atoms with Gasteiger partial charge in [0.15, 0.2) is 0 Å². The van der Waals surface area contributed by atoms with Crippen LogP contribution in [0, 0.1) is 0 Å². The molecule has 128 valence electrons. The standard InChI is InChI=1S/C17H12F3N3O2/c18-17(19,20)16-22-14(23-25-16)12-6-8-13(9-7-12)15(24)21-10-11-4-2-1-3-5-11/h1-9H,10H2,(H,21,24)/p+1. The summed E-state index contributed by atoms with van der Waals surface area (Å²) in [5, 5.41) is 4.86. The lowest BCUT2D eigenvalue weighted by atomic mass is 10.1. The first kappa shape index (κ1) is 16.8. The Morgan fingerprint density at radius 2 is 1.72 bits per heavy atom. The molecule has 0 saturated carbocycles. The Bertz CT molecular complexity index is 859. The molecule has 5 nitrogen and oxygen atoms in total. The van der Waals surface area contributed by atoms with E-state index in [9.17, 15) is 18.0 Å². The summed E-state index contributed by atoms with van der Waals surface area (Å²) >= 11 is 0. The zero-order valence-electron chi connectivity index (χ0n) is 12.8. The van der Waals surface area contributed by atoms with E-state index in [0.29, 0.717) is 17.7 Å². The van der Waals surface area contributed by atoms with Crippen molar-refractivity contribution < 1.29 is 27.8 Å². The summed E-state index contributed by atoms with van der Waals surface area (Å²) in [6.07, 6.45) is -4.69. The van der Waals surface area contributed by atoms with Crippen LogP contribution in [0.4, 0.5) is 13.2 Å². The molecule has 0 spiro atoms. The summed E-state index contributed by atoms with van der Waals surface area (Å²) in [5.41, 5.74) is 1.78. The molecule has 2 aromatic carbocycles. The van der Waals surface area contributed by atoms with Crippen molar-refractivity contribution in [2.75, 3.05) is 0 Å². The van der Waals surface area contributed by atoms with Gasteiger partial charge in [-0.1, -0.05) is 47.6 Å². The van der Waals surface area contributed by atoms with E-state index in [1.54, 1.807) is 5.32 Å². The predicted octanol–water partition coefficient (Wildman–Crippen LogP) is 2.66. The van der Waals surface area contributed by atoms with Crippen molar-refractivity contribution in [2.45, 2.75) is 12.7 Å². The SMILES string of the molecule is O=C([NH2+]Cc1ccccc1)c1ccc(-c2noc(C(F)(F)F)n2)cc1. The van der Waals surface area contributed by atoms with E-state index in [1.165, 1.54) is 24.3 Å². The third kappa shape index (κ3) is 4.10. The Balaban J connectivity index is 1.67. The van der Waals surface area contributed by atoms with Gasteiger partial charge >= 0.3 is 18.0 Å². The normalized spacial score (nSPS) is 11.5. The number of amides is 1. The molecule has 0 atom stereocenters. The number of nitrogens with zero attached hydrogens (tertiary/aromatic N) is 2. The Kier molecular flexibility index (Phi) is 4.62.